The number of carbonyl (C=O) groups is 1. The van der Waals surface area contributed by atoms with E-state index in [4.69, 9.17) is 5.11 Å². The van der Waals surface area contributed by atoms with Gasteiger partial charge in [0, 0.05) is 12.0 Å². The third kappa shape index (κ3) is 1.23. The molecule has 0 radical (unpaired) electrons. The second-order valence-corrected chi connectivity index (χ2v) is 3.99. The molecule has 0 saturated heterocycles. The Labute approximate surface area is 89.3 Å². The average molecular weight is 219 g/mol. The number of hydrogen-bond acceptors (Lipinski definition) is 3. The number of aromatic nitrogens is 3. The van der Waals surface area contributed by atoms with Crippen LogP contribution < -0.4 is 5.43 Å². The molecule has 0 atom stereocenters. The Bertz CT molecular complexity index is 636. The minimum Gasteiger partial charge on any atom is -0.477 e. The van der Waals surface area contributed by atoms with E-state index in [9.17, 15) is 9.59 Å². The molecular formula is C10H9N3O3. The maximum atomic E-state index is 11.8. The van der Waals surface area contributed by atoms with Gasteiger partial charge in [-0.25, -0.2) is 4.79 Å². The van der Waals surface area contributed by atoms with Gasteiger partial charge in [0.15, 0.2) is 11.1 Å². The van der Waals surface area contributed by atoms with Gasteiger partial charge in [0.25, 0.3) is 0 Å². The summed E-state index contributed by atoms with van der Waals surface area (Å²) in [6.45, 7) is 0. The van der Waals surface area contributed by atoms with Crippen molar-refractivity contribution in [2.45, 2.75) is 18.8 Å². The van der Waals surface area contributed by atoms with E-state index in [0.29, 0.717) is 17.0 Å². The van der Waals surface area contributed by atoms with Crippen LogP contribution in [0.4, 0.5) is 0 Å². The second kappa shape index (κ2) is 2.94. The fraction of sp³-hybridized carbons (Fsp3) is 0.300. The number of aromatic amines is 2. The van der Waals surface area contributed by atoms with Crippen molar-refractivity contribution >= 4 is 17.0 Å². The molecule has 1 aliphatic rings. The maximum absolute atomic E-state index is 11.8. The Hall–Kier alpha value is -2.11. The van der Waals surface area contributed by atoms with Gasteiger partial charge in [0.1, 0.15) is 5.69 Å². The van der Waals surface area contributed by atoms with E-state index in [2.05, 4.69) is 15.2 Å². The molecule has 3 N–H and O–H groups in total. The zero-order valence-corrected chi connectivity index (χ0v) is 8.28. The molecule has 2 heterocycles. The Morgan fingerprint density at radius 3 is 2.88 bits per heavy atom. The molecule has 0 aromatic carbocycles. The monoisotopic (exact) mass is 219 g/mol. The van der Waals surface area contributed by atoms with Crippen LogP contribution in [0.25, 0.3) is 11.0 Å². The van der Waals surface area contributed by atoms with Crippen molar-refractivity contribution in [3.05, 3.63) is 27.7 Å². The Balaban J connectivity index is 2.30. The van der Waals surface area contributed by atoms with E-state index in [0.717, 1.165) is 24.6 Å². The average Bonchev–Trinajstić information content (AvgIpc) is 2.98. The van der Waals surface area contributed by atoms with Crippen LogP contribution in [0.1, 0.15) is 34.9 Å². The van der Waals surface area contributed by atoms with Crippen LogP contribution in [0.5, 0.6) is 0 Å². The number of aromatic carboxylic acids is 1. The summed E-state index contributed by atoms with van der Waals surface area (Å²) >= 11 is 0. The molecule has 2 aromatic heterocycles. The Kier molecular flexibility index (Phi) is 1.68. The van der Waals surface area contributed by atoms with Crippen molar-refractivity contribution in [2.75, 3.05) is 0 Å². The molecule has 6 heteroatoms. The zero-order valence-electron chi connectivity index (χ0n) is 8.28. The number of rotatable bonds is 2. The van der Waals surface area contributed by atoms with Crippen molar-refractivity contribution in [1.82, 2.24) is 15.2 Å². The highest BCUT2D eigenvalue weighted by molar-refractivity contribution is 5.89. The highest BCUT2D eigenvalue weighted by Crippen LogP contribution is 2.40. The lowest BCUT2D eigenvalue weighted by atomic mass is 10.2. The molecule has 0 spiro atoms. The number of carboxylic acids is 1. The lowest BCUT2D eigenvalue weighted by Crippen LogP contribution is -2.09. The summed E-state index contributed by atoms with van der Waals surface area (Å²) in [4.78, 5) is 25.1. The summed E-state index contributed by atoms with van der Waals surface area (Å²) in [5.41, 5.74) is 0.730. The van der Waals surface area contributed by atoms with E-state index in [-0.39, 0.29) is 11.1 Å². The maximum Gasteiger partial charge on any atom is 0.352 e. The third-order valence-corrected chi connectivity index (χ3v) is 2.79. The van der Waals surface area contributed by atoms with Crippen LogP contribution >= 0.6 is 0 Å². The number of nitrogens with one attached hydrogen (secondary N) is 2. The first kappa shape index (κ1) is 9.14. The molecule has 1 aliphatic carbocycles. The smallest absolute Gasteiger partial charge is 0.352 e. The van der Waals surface area contributed by atoms with Crippen molar-refractivity contribution in [3.8, 4) is 0 Å². The summed E-state index contributed by atoms with van der Waals surface area (Å²) in [7, 11) is 0. The molecule has 82 valence electrons. The molecule has 0 amide bonds. The molecule has 0 unspecified atom stereocenters. The molecule has 16 heavy (non-hydrogen) atoms. The highest BCUT2D eigenvalue weighted by Gasteiger charge is 2.28. The lowest BCUT2D eigenvalue weighted by molar-refractivity contribution is 0.0691. The first-order valence-electron chi connectivity index (χ1n) is 5.01. The highest BCUT2D eigenvalue weighted by atomic mass is 16.4. The molecule has 1 saturated carbocycles. The van der Waals surface area contributed by atoms with Gasteiger partial charge in [-0.3, -0.25) is 9.89 Å². The van der Waals surface area contributed by atoms with Crippen LogP contribution in [0.2, 0.25) is 0 Å². The van der Waals surface area contributed by atoms with Gasteiger partial charge in [-0.15, -0.1) is 0 Å². The standard InChI is InChI=1S/C10H9N3O3/c14-6-3-5(10(15)16)11-9-7(6)8(12-13-9)4-1-2-4/h3-4H,1-2H2,(H,15,16)(H2,11,12,13,14). The van der Waals surface area contributed by atoms with E-state index in [1.54, 1.807) is 0 Å². The zero-order chi connectivity index (χ0) is 11.3. The van der Waals surface area contributed by atoms with Crippen LogP contribution in [0.15, 0.2) is 10.9 Å². The number of carboxylic acid groups (broad SMARTS) is 1. The number of H-pyrrole nitrogens is 2. The summed E-state index contributed by atoms with van der Waals surface area (Å²) in [6.07, 6.45) is 2.11. The number of fused-ring (bicyclic) bond motifs is 1. The second-order valence-electron chi connectivity index (χ2n) is 3.99. The Morgan fingerprint density at radius 1 is 1.50 bits per heavy atom. The minimum absolute atomic E-state index is 0.133. The van der Waals surface area contributed by atoms with Crippen LogP contribution in [0, 0.1) is 0 Å². The van der Waals surface area contributed by atoms with Crippen LogP contribution in [-0.2, 0) is 0 Å². The normalized spacial score (nSPS) is 15.5. The molecule has 3 rings (SSSR count). The van der Waals surface area contributed by atoms with Gasteiger partial charge >= 0.3 is 5.97 Å². The summed E-state index contributed by atoms with van der Waals surface area (Å²) in [5, 5.41) is 16.0. The first-order valence-corrected chi connectivity index (χ1v) is 5.01. The third-order valence-electron chi connectivity index (χ3n) is 2.79. The van der Waals surface area contributed by atoms with Gasteiger partial charge < -0.3 is 10.1 Å². The van der Waals surface area contributed by atoms with E-state index < -0.39 is 5.97 Å². The van der Waals surface area contributed by atoms with Crippen molar-refractivity contribution in [1.29, 1.82) is 0 Å². The Morgan fingerprint density at radius 2 is 2.25 bits per heavy atom. The molecule has 6 nitrogen and oxygen atoms in total. The SMILES string of the molecule is O=C(O)c1cc(=O)c2c(C3CC3)[nH]nc2[nH]1. The van der Waals surface area contributed by atoms with E-state index >= 15 is 0 Å². The lowest BCUT2D eigenvalue weighted by Gasteiger charge is -1.95. The topological polar surface area (TPSA) is 98.8 Å². The summed E-state index contributed by atoms with van der Waals surface area (Å²) < 4.78 is 0. The van der Waals surface area contributed by atoms with Gasteiger partial charge in [-0.1, -0.05) is 0 Å². The quantitative estimate of drug-likeness (QED) is 0.696. The molecule has 0 aliphatic heterocycles. The summed E-state index contributed by atoms with van der Waals surface area (Å²) in [5.74, 6) is -0.781. The predicted octanol–water partition coefficient (Wildman–Crippen LogP) is 0.827. The first-order chi connectivity index (χ1) is 7.66. The van der Waals surface area contributed by atoms with Crippen LogP contribution in [0.3, 0.4) is 0 Å². The molecule has 1 fully saturated rings. The van der Waals surface area contributed by atoms with Crippen LogP contribution in [-0.4, -0.2) is 26.3 Å². The van der Waals surface area contributed by atoms with Gasteiger partial charge in [0.2, 0.25) is 0 Å². The fourth-order valence-corrected chi connectivity index (χ4v) is 1.84. The number of nitrogens with zero attached hydrogens (tertiary/aromatic N) is 1. The molecular weight excluding hydrogens is 210 g/mol. The largest absolute Gasteiger partial charge is 0.477 e. The molecule has 0 bridgehead atoms. The van der Waals surface area contributed by atoms with Crippen molar-refractivity contribution < 1.29 is 9.90 Å². The van der Waals surface area contributed by atoms with Gasteiger partial charge in [0.05, 0.1) is 11.1 Å². The minimum atomic E-state index is -1.16. The van der Waals surface area contributed by atoms with Gasteiger partial charge in [-0.05, 0) is 12.8 Å². The van der Waals surface area contributed by atoms with Crippen molar-refractivity contribution in [2.24, 2.45) is 0 Å². The molecule has 2 aromatic rings. The van der Waals surface area contributed by atoms with E-state index in [1.807, 2.05) is 0 Å². The van der Waals surface area contributed by atoms with Crippen molar-refractivity contribution in [3.63, 3.8) is 0 Å². The number of hydrogen-bond donors (Lipinski definition) is 3. The van der Waals surface area contributed by atoms with Gasteiger partial charge in [-0.2, -0.15) is 5.10 Å². The predicted molar refractivity (Wildman–Crippen MR) is 55.6 cm³/mol. The number of pyridine rings is 1. The van der Waals surface area contributed by atoms with E-state index in [1.165, 1.54) is 0 Å². The fourth-order valence-electron chi connectivity index (χ4n) is 1.84. The summed E-state index contributed by atoms with van der Waals surface area (Å²) in [6, 6.07) is 1.10.